The molecule has 16 heavy (non-hydrogen) atoms. The lowest BCUT2D eigenvalue weighted by molar-refractivity contribution is 0.291. The van der Waals surface area contributed by atoms with Crippen LogP contribution in [0.4, 0.5) is 0 Å². The summed E-state index contributed by atoms with van der Waals surface area (Å²) in [6.07, 6.45) is 1.57. The molecule has 1 aromatic heterocycles. The average Bonchev–Trinajstić information content (AvgIpc) is 2.32. The minimum Gasteiger partial charge on any atom is -0.472 e. The van der Waals surface area contributed by atoms with Crippen molar-refractivity contribution in [2.24, 2.45) is 0 Å². The Morgan fingerprint density at radius 3 is 2.75 bits per heavy atom. The lowest BCUT2D eigenvalue weighted by Gasteiger charge is -2.06. The molecule has 0 saturated carbocycles. The predicted molar refractivity (Wildman–Crippen MR) is 65.5 cm³/mol. The molecule has 0 aliphatic heterocycles. The van der Waals surface area contributed by atoms with Crippen molar-refractivity contribution < 1.29 is 4.74 Å². The molecule has 0 aliphatic carbocycles. The van der Waals surface area contributed by atoms with Crippen LogP contribution >= 0.6 is 27.5 Å². The fraction of sp³-hybridized carbons (Fsp3) is 0.0909. The lowest BCUT2D eigenvalue weighted by atomic mass is 10.2. The van der Waals surface area contributed by atoms with Crippen LogP contribution in [0.5, 0.6) is 5.88 Å². The fourth-order valence-corrected chi connectivity index (χ4v) is 1.59. The molecule has 0 spiro atoms. The number of nitrogens with zero attached hydrogens (tertiary/aromatic N) is 2. The Balaban J connectivity index is 2.08. The van der Waals surface area contributed by atoms with E-state index < -0.39 is 0 Å². The molecule has 0 atom stereocenters. The molecule has 1 aromatic carbocycles. The zero-order chi connectivity index (χ0) is 11.4. The molecule has 2 rings (SSSR count). The van der Waals surface area contributed by atoms with Gasteiger partial charge in [0.25, 0.3) is 0 Å². The van der Waals surface area contributed by atoms with Crippen molar-refractivity contribution in [3.8, 4) is 5.88 Å². The highest BCUT2D eigenvalue weighted by atomic mass is 79.9. The summed E-state index contributed by atoms with van der Waals surface area (Å²) in [4.78, 5) is 7.79. The van der Waals surface area contributed by atoms with Gasteiger partial charge < -0.3 is 4.74 Å². The molecule has 0 aliphatic rings. The maximum atomic E-state index is 5.68. The molecule has 82 valence electrons. The van der Waals surface area contributed by atoms with Gasteiger partial charge in [-0.05, 0) is 33.1 Å². The maximum Gasteiger partial charge on any atom is 0.232 e. The molecule has 3 nitrogen and oxygen atoms in total. The van der Waals surface area contributed by atoms with E-state index in [0.717, 1.165) is 5.56 Å². The van der Waals surface area contributed by atoms with E-state index in [2.05, 4.69) is 25.9 Å². The van der Waals surface area contributed by atoms with Gasteiger partial charge in [0.1, 0.15) is 6.61 Å². The van der Waals surface area contributed by atoms with Crippen molar-refractivity contribution in [3.05, 3.63) is 51.8 Å². The second-order valence-corrected chi connectivity index (χ2v) is 4.26. The molecule has 0 bridgehead atoms. The molecule has 2 aromatic rings. The number of halogens is 2. The molecule has 5 heteroatoms. The van der Waals surface area contributed by atoms with Gasteiger partial charge in [-0.2, -0.15) is 4.98 Å². The average molecular weight is 300 g/mol. The van der Waals surface area contributed by atoms with Crippen molar-refractivity contribution in [1.82, 2.24) is 9.97 Å². The molecule has 0 saturated heterocycles. The molecule has 0 N–H and O–H groups in total. The smallest absolute Gasteiger partial charge is 0.232 e. The first-order chi connectivity index (χ1) is 7.75. The summed E-state index contributed by atoms with van der Waals surface area (Å²) < 4.78 is 6.21. The van der Waals surface area contributed by atoms with Crippen LogP contribution in [0, 0.1) is 0 Å². The van der Waals surface area contributed by atoms with E-state index in [1.807, 2.05) is 30.3 Å². The number of hydrogen-bond donors (Lipinski definition) is 0. The standard InChI is InChI=1S/C11H8BrClN2O/c12-9-6-14-11(13)15-10(9)16-7-8-4-2-1-3-5-8/h1-6H,7H2. The summed E-state index contributed by atoms with van der Waals surface area (Å²) in [6.45, 7) is 0.451. The molecule has 1 heterocycles. The van der Waals surface area contributed by atoms with E-state index in [0.29, 0.717) is 17.0 Å². The van der Waals surface area contributed by atoms with E-state index in [1.54, 1.807) is 6.20 Å². The Hall–Kier alpha value is -1.13. The molecule has 0 fully saturated rings. The van der Waals surface area contributed by atoms with Gasteiger partial charge in [-0.3, -0.25) is 0 Å². The quantitative estimate of drug-likeness (QED) is 0.814. The summed E-state index contributed by atoms with van der Waals surface area (Å²) in [7, 11) is 0. The highest BCUT2D eigenvalue weighted by molar-refractivity contribution is 9.10. The highest BCUT2D eigenvalue weighted by Crippen LogP contribution is 2.23. The Morgan fingerprint density at radius 2 is 2.00 bits per heavy atom. The highest BCUT2D eigenvalue weighted by Gasteiger charge is 2.05. The third kappa shape index (κ3) is 2.93. The first kappa shape index (κ1) is 11.4. The van der Waals surface area contributed by atoms with Crippen molar-refractivity contribution in [2.45, 2.75) is 6.61 Å². The number of ether oxygens (including phenoxy) is 1. The Bertz CT molecular complexity index is 479. The third-order valence-electron chi connectivity index (χ3n) is 1.90. The summed E-state index contributed by atoms with van der Waals surface area (Å²) in [5.41, 5.74) is 1.07. The van der Waals surface area contributed by atoms with Crippen molar-refractivity contribution in [1.29, 1.82) is 0 Å². The van der Waals surface area contributed by atoms with Gasteiger partial charge in [0.05, 0.1) is 4.47 Å². The number of rotatable bonds is 3. The lowest BCUT2D eigenvalue weighted by Crippen LogP contribution is -1.98. The fourth-order valence-electron chi connectivity index (χ4n) is 1.16. The minimum atomic E-state index is 0.172. The van der Waals surface area contributed by atoms with E-state index in [9.17, 15) is 0 Å². The van der Waals surface area contributed by atoms with Crippen LogP contribution in [-0.4, -0.2) is 9.97 Å². The second kappa shape index (κ2) is 5.27. The van der Waals surface area contributed by atoms with Gasteiger partial charge >= 0.3 is 0 Å². The summed E-state index contributed by atoms with van der Waals surface area (Å²) in [6, 6.07) is 9.84. The van der Waals surface area contributed by atoms with E-state index in [1.165, 1.54) is 0 Å². The Kier molecular flexibility index (Phi) is 3.74. The summed E-state index contributed by atoms with van der Waals surface area (Å²) in [5, 5.41) is 0.172. The van der Waals surface area contributed by atoms with E-state index >= 15 is 0 Å². The molecule has 0 unspecified atom stereocenters. The van der Waals surface area contributed by atoms with Crippen LogP contribution in [-0.2, 0) is 6.61 Å². The molecular weight excluding hydrogens is 291 g/mol. The topological polar surface area (TPSA) is 35.0 Å². The van der Waals surface area contributed by atoms with Crippen LogP contribution < -0.4 is 4.74 Å². The maximum absolute atomic E-state index is 5.68. The van der Waals surface area contributed by atoms with E-state index in [-0.39, 0.29) is 5.28 Å². The molecular formula is C11H8BrClN2O. The third-order valence-corrected chi connectivity index (χ3v) is 2.63. The van der Waals surface area contributed by atoms with Crippen molar-refractivity contribution in [2.75, 3.05) is 0 Å². The van der Waals surface area contributed by atoms with E-state index in [4.69, 9.17) is 16.3 Å². The van der Waals surface area contributed by atoms with Gasteiger partial charge in [-0.1, -0.05) is 30.3 Å². The van der Waals surface area contributed by atoms with Crippen LogP contribution in [0.15, 0.2) is 41.0 Å². The van der Waals surface area contributed by atoms with Crippen LogP contribution in [0.3, 0.4) is 0 Å². The van der Waals surface area contributed by atoms with Crippen molar-refractivity contribution in [3.63, 3.8) is 0 Å². The van der Waals surface area contributed by atoms with Gasteiger partial charge in [-0.25, -0.2) is 4.98 Å². The molecule has 0 amide bonds. The number of aromatic nitrogens is 2. The van der Waals surface area contributed by atoms with Gasteiger partial charge in [0.15, 0.2) is 0 Å². The summed E-state index contributed by atoms with van der Waals surface area (Å²) in [5.74, 6) is 0.448. The Labute approximate surface area is 107 Å². The Morgan fingerprint density at radius 1 is 1.25 bits per heavy atom. The zero-order valence-corrected chi connectivity index (χ0v) is 10.6. The van der Waals surface area contributed by atoms with Gasteiger partial charge in [-0.15, -0.1) is 0 Å². The van der Waals surface area contributed by atoms with Crippen LogP contribution in [0.25, 0.3) is 0 Å². The largest absolute Gasteiger partial charge is 0.472 e. The second-order valence-electron chi connectivity index (χ2n) is 3.07. The molecule has 0 radical (unpaired) electrons. The zero-order valence-electron chi connectivity index (χ0n) is 8.23. The van der Waals surface area contributed by atoms with Gasteiger partial charge in [0.2, 0.25) is 11.2 Å². The SMILES string of the molecule is Clc1ncc(Br)c(OCc2ccccc2)n1. The first-order valence-electron chi connectivity index (χ1n) is 4.60. The number of hydrogen-bond acceptors (Lipinski definition) is 3. The predicted octanol–water partition coefficient (Wildman–Crippen LogP) is 3.47. The summed E-state index contributed by atoms with van der Waals surface area (Å²) >= 11 is 8.97. The van der Waals surface area contributed by atoms with Gasteiger partial charge in [0, 0.05) is 6.20 Å². The van der Waals surface area contributed by atoms with Crippen LogP contribution in [0.2, 0.25) is 5.28 Å². The first-order valence-corrected chi connectivity index (χ1v) is 5.77. The van der Waals surface area contributed by atoms with Crippen molar-refractivity contribution >= 4 is 27.5 Å². The van der Waals surface area contributed by atoms with Crippen LogP contribution in [0.1, 0.15) is 5.56 Å². The monoisotopic (exact) mass is 298 g/mol. The minimum absolute atomic E-state index is 0.172. The number of benzene rings is 1. The normalized spacial score (nSPS) is 10.1.